The Morgan fingerprint density at radius 1 is 0.296 bits per heavy atom. The summed E-state index contributed by atoms with van der Waals surface area (Å²) in [5.74, 6) is -7.56. The van der Waals surface area contributed by atoms with Gasteiger partial charge in [0.1, 0.15) is 22.3 Å². The van der Waals surface area contributed by atoms with Gasteiger partial charge < -0.3 is 10.2 Å². The number of rotatable bonds is 4. The van der Waals surface area contributed by atoms with Crippen molar-refractivity contribution in [2.75, 3.05) is 4.90 Å². The van der Waals surface area contributed by atoms with Crippen LogP contribution in [0.2, 0.25) is 0 Å². The molecule has 35 rings (SSSR count). The van der Waals surface area contributed by atoms with Gasteiger partial charge >= 0.3 is 0 Å². The second-order valence-electron chi connectivity index (χ2n) is 27.7. The van der Waals surface area contributed by atoms with E-state index in [-0.39, 0.29) is 6.54 Å². The Bertz CT molecular complexity index is 7540. The average Bonchev–Trinajstić information content (AvgIpc) is 1.39. The van der Waals surface area contributed by atoms with Crippen molar-refractivity contribution in [3.63, 3.8) is 0 Å². The fourth-order valence-electron chi connectivity index (χ4n) is 26.2. The third-order valence-electron chi connectivity index (χ3n) is 26.8. The monoisotopic (exact) mass is 1020 g/mol. The molecule has 0 aromatic heterocycles. The van der Waals surface area contributed by atoms with Crippen LogP contribution in [0.1, 0.15) is 38.2 Å². The van der Waals surface area contributed by atoms with Crippen LogP contribution in [0, 0.1) is 23.3 Å². The molecule has 0 radical (unpaired) electrons. The number of anilines is 1. The van der Waals surface area contributed by atoms with Gasteiger partial charge in [-0.2, -0.15) is 0 Å². The zero-order valence-electron chi connectivity index (χ0n) is 40.5. The first-order chi connectivity index (χ1) is 40.0. The number of amides is 1. The highest BCUT2D eigenvalue weighted by Crippen LogP contribution is 2.91. The Hall–Kier alpha value is -10.1. The molecule has 2 spiro atoms. The number of halogens is 4. The number of hydrogen-bond acceptors (Lipinski definition) is 2. The van der Waals surface area contributed by atoms with Crippen LogP contribution in [0.5, 0.6) is 0 Å². The quantitative estimate of drug-likeness (QED) is 0.0825. The molecule has 4 aliphatic carbocycles. The summed E-state index contributed by atoms with van der Waals surface area (Å²) in [6, 6.07) is 9.00. The third kappa shape index (κ3) is 1.84. The highest BCUT2D eigenvalue weighted by Gasteiger charge is 2.87. The summed E-state index contributed by atoms with van der Waals surface area (Å²) in [7, 11) is 0. The van der Waals surface area contributed by atoms with Gasteiger partial charge in [-0.25, -0.2) is 17.6 Å². The van der Waals surface area contributed by atoms with Crippen molar-refractivity contribution in [1.82, 2.24) is 5.32 Å². The van der Waals surface area contributed by atoms with Crippen molar-refractivity contribution < 1.29 is 22.4 Å². The highest BCUT2D eigenvalue weighted by molar-refractivity contribution is 6.82. The van der Waals surface area contributed by atoms with E-state index >= 15 is 17.6 Å². The van der Waals surface area contributed by atoms with Crippen molar-refractivity contribution in [2.24, 2.45) is 0 Å². The summed E-state index contributed by atoms with van der Waals surface area (Å²) < 4.78 is 73.1. The predicted octanol–water partition coefficient (Wildman–Crippen LogP) is 19.2. The van der Waals surface area contributed by atoms with Crippen molar-refractivity contribution >= 4 is 302 Å². The molecule has 0 saturated carbocycles. The lowest BCUT2D eigenvalue weighted by Crippen LogP contribution is -2.27. The number of hydrogen-bond donors (Lipinski definition) is 1. The van der Waals surface area contributed by atoms with Crippen molar-refractivity contribution in [3.05, 3.63) is 87.0 Å². The topological polar surface area (TPSA) is 32.1 Å². The maximum Gasteiger partial charge on any atom is 0.257 e. The Morgan fingerprint density at radius 3 is 0.704 bits per heavy atom. The molecule has 7 heteroatoms. The van der Waals surface area contributed by atoms with Crippen LogP contribution < -0.4 is 10.2 Å². The minimum atomic E-state index is -1.66. The van der Waals surface area contributed by atoms with Crippen molar-refractivity contribution in [3.8, 4) is 0 Å². The van der Waals surface area contributed by atoms with E-state index in [1.165, 1.54) is 291 Å². The second-order valence-corrected chi connectivity index (χ2v) is 27.7. The van der Waals surface area contributed by atoms with E-state index in [9.17, 15) is 4.79 Å². The van der Waals surface area contributed by atoms with Crippen LogP contribution >= 0.6 is 0 Å². The van der Waals surface area contributed by atoms with E-state index in [0.29, 0.717) is 5.56 Å². The summed E-state index contributed by atoms with van der Waals surface area (Å²) in [5, 5.41) is 76.5. The van der Waals surface area contributed by atoms with Crippen LogP contribution in [-0.4, -0.2) is 5.91 Å². The van der Waals surface area contributed by atoms with E-state index in [0.717, 1.165) is 22.3 Å². The molecule has 0 bridgehead atoms. The molecular weight excluding hydrogens is 1010 g/mol. The van der Waals surface area contributed by atoms with Gasteiger partial charge in [0.05, 0.1) is 0 Å². The normalized spacial score (nSPS) is 20.8. The number of benzene rings is 20. The first-order valence-corrected chi connectivity index (χ1v) is 28.7. The van der Waals surface area contributed by atoms with Gasteiger partial charge in [-0.3, -0.25) is 4.79 Å². The molecule has 1 amide bonds. The number of nitrogens with zero attached hydrogens (tertiary/aromatic N) is 1. The lowest BCUT2D eigenvalue weighted by Gasteiger charge is -2.29. The first-order valence-electron chi connectivity index (χ1n) is 28.7. The molecular formula is C74H8F4N2O. The molecule has 5 aliphatic rings. The number of nitrogens with one attached hydrogen (secondary N) is 1. The molecule has 0 atom stereocenters. The fraction of sp³-hybridized carbons (Fsp3) is 0.0405. The van der Waals surface area contributed by atoms with E-state index < -0.39 is 51.5 Å². The van der Waals surface area contributed by atoms with Crippen molar-refractivity contribution in [1.29, 1.82) is 0 Å². The lowest BCUT2D eigenvalue weighted by molar-refractivity contribution is 0.0940. The van der Waals surface area contributed by atoms with E-state index in [4.69, 9.17) is 0 Å². The summed E-state index contributed by atoms with van der Waals surface area (Å²) in [6.07, 6.45) is 0. The Balaban J connectivity index is 0.955. The summed E-state index contributed by atoms with van der Waals surface area (Å²) in [6.45, 7) is -0.0696. The molecule has 1 N–H and O–H groups in total. The van der Waals surface area contributed by atoms with Crippen LogP contribution in [0.15, 0.2) is 30.3 Å². The molecule has 30 aromatic carbocycles. The standard InChI is InChI=1S/C74H8F4N2O/c75-67-62(72(81)79-6-7-4-2-1-3-5-7)68(76)70(78)71(69(67)77)80-73-63-54-46-36-26-18-10-8-9-12-16-14(10)22-30-24(16)34-28-20(12)21-13(9)17-15-11(8)19(18)27-33-23(15)31-25(17)35-29(21)39-38(28)48-42(34)52-44(30)50(40(46)32(22)26)58(63)60(52)65-56(48)57-49(39)43(35)53-45(31)51-41(33)47(37(27)36)55(54)64(73)59(51)61(53)66(57)74(65,73)80/h1-5H,6H2,(H,79,81). The van der Waals surface area contributed by atoms with Gasteiger partial charge in [-0.15, -0.1) is 0 Å². The molecule has 348 valence electrons. The van der Waals surface area contributed by atoms with Crippen molar-refractivity contribution in [2.45, 2.75) is 17.6 Å². The minimum absolute atomic E-state index is 0.0696. The van der Waals surface area contributed by atoms with Crippen LogP contribution in [0.25, 0.3) is 291 Å². The number of carbonyl (C=O) groups is 1. The van der Waals surface area contributed by atoms with Gasteiger partial charge in [0.25, 0.3) is 5.91 Å². The fourth-order valence-corrected chi connectivity index (χ4v) is 26.2. The SMILES string of the molecule is O=C(NCc1ccccc1)c1c(F)c(F)c(N2C34c5c6c7c8c9c%10c(c%11c%12c3c3c5c5c%13c6c6c7c7c9c9c%14c%10c%10c%11c%11c%12c%12c3c3c5c5c%13c%13c6c6c7c9c7c9c%14c%10c%10c%11c%11c%12c3c3c5c5c%13c6c7c6c9c%10c%11c3c56)C824)c(F)c1F. The smallest absolute Gasteiger partial charge is 0.257 e. The largest absolute Gasteiger partial charge is 0.348 e. The maximum absolute atomic E-state index is 18.7. The van der Waals surface area contributed by atoms with Gasteiger partial charge in [0.15, 0.2) is 23.3 Å². The van der Waals surface area contributed by atoms with Gasteiger partial charge in [0.2, 0.25) is 0 Å². The molecule has 30 aromatic rings. The van der Waals surface area contributed by atoms with E-state index in [1.54, 1.807) is 24.3 Å². The Labute approximate surface area is 437 Å². The maximum atomic E-state index is 18.7. The lowest BCUT2D eigenvalue weighted by atomic mass is 9.68. The third-order valence-corrected chi connectivity index (χ3v) is 26.8. The molecule has 3 nitrogen and oxygen atoms in total. The number of carbonyl (C=O) groups excluding carboxylic acids is 1. The Kier molecular flexibility index (Phi) is 2.98. The molecule has 0 unspecified atom stereocenters. The van der Waals surface area contributed by atoms with E-state index in [2.05, 4.69) is 5.32 Å². The molecule has 1 aliphatic heterocycles. The first kappa shape index (κ1) is 32.1. The summed E-state index contributed by atoms with van der Waals surface area (Å²) >= 11 is 0. The van der Waals surface area contributed by atoms with Gasteiger partial charge in [0, 0.05) is 28.8 Å². The highest BCUT2D eigenvalue weighted by atomic mass is 19.2. The zero-order chi connectivity index (χ0) is 49.6. The average molecular weight is 1020 g/mol. The van der Waals surface area contributed by atoms with Crippen LogP contribution in [0.4, 0.5) is 23.2 Å². The molecule has 1 heterocycles. The molecule has 1 fully saturated rings. The predicted molar refractivity (Wildman–Crippen MR) is 320 cm³/mol. The second kappa shape index (κ2) is 7.53. The summed E-state index contributed by atoms with van der Waals surface area (Å²) in [4.78, 5) is 16.0. The van der Waals surface area contributed by atoms with Crippen LogP contribution in [-0.2, 0) is 17.6 Å². The zero-order valence-corrected chi connectivity index (χ0v) is 40.5. The molecule has 1 saturated heterocycles. The van der Waals surface area contributed by atoms with E-state index in [1.807, 2.05) is 11.0 Å². The van der Waals surface area contributed by atoms with Gasteiger partial charge in [-0.05, 0) is 296 Å². The minimum Gasteiger partial charge on any atom is -0.348 e. The Morgan fingerprint density at radius 2 is 0.494 bits per heavy atom. The van der Waals surface area contributed by atoms with Crippen LogP contribution in [0.3, 0.4) is 0 Å². The van der Waals surface area contributed by atoms with Gasteiger partial charge in [-0.1, -0.05) is 30.3 Å². The summed E-state index contributed by atoms with van der Waals surface area (Å²) in [5.41, 5.74) is 0.522. The molecule has 81 heavy (non-hydrogen) atoms.